The number of para-hydroxylation sites is 1. The number of anilines is 2. The molecule has 1 saturated heterocycles. The van der Waals surface area contributed by atoms with Gasteiger partial charge in [0.25, 0.3) is 11.8 Å². The number of carbonyl (C=O) groups excluding carboxylic acids is 2. The van der Waals surface area contributed by atoms with E-state index < -0.39 is 0 Å². The molecule has 0 aliphatic carbocycles. The van der Waals surface area contributed by atoms with Crippen LogP contribution in [0.2, 0.25) is 10.0 Å². The molecule has 0 spiro atoms. The van der Waals surface area contributed by atoms with E-state index in [0.29, 0.717) is 47.7 Å². The molecule has 3 aromatic rings. The summed E-state index contributed by atoms with van der Waals surface area (Å²) in [7, 11) is 0. The number of halogens is 2. The highest BCUT2D eigenvalue weighted by Gasteiger charge is 2.23. The van der Waals surface area contributed by atoms with E-state index in [1.165, 1.54) is 6.07 Å². The van der Waals surface area contributed by atoms with Gasteiger partial charge in [-0.3, -0.25) is 9.59 Å². The summed E-state index contributed by atoms with van der Waals surface area (Å²) in [6.07, 6.45) is 0. The molecule has 1 heterocycles. The summed E-state index contributed by atoms with van der Waals surface area (Å²) >= 11 is 12.2. The van der Waals surface area contributed by atoms with E-state index in [4.69, 9.17) is 27.9 Å². The Balaban J connectivity index is 1.35. The first-order valence-electron chi connectivity index (χ1n) is 10.6. The Hall–Kier alpha value is -3.22. The first kappa shape index (κ1) is 23.0. The van der Waals surface area contributed by atoms with Gasteiger partial charge in [0, 0.05) is 47.6 Å². The second kappa shape index (κ2) is 10.6. The molecule has 33 heavy (non-hydrogen) atoms. The van der Waals surface area contributed by atoms with Gasteiger partial charge in [-0.1, -0.05) is 47.5 Å². The van der Waals surface area contributed by atoms with Gasteiger partial charge in [0.05, 0.1) is 5.56 Å². The van der Waals surface area contributed by atoms with Crippen molar-refractivity contribution < 1.29 is 14.3 Å². The van der Waals surface area contributed by atoms with Crippen LogP contribution in [-0.2, 0) is 4.79 Å². The number of amides is 2. The molecule has 6 nitrogen and oxygen atoms in total. The second-order valence-electron chi connectivity index (χ2n) is 7.60. The van der Waals surface area contributed by atoms with E-state index in [2.05, 4.69) is 10.2 Å². The van der Waals surface area contributed by atoms with Gasteiger partial charge in [-0.2, -0.15) is 0 Å². The van der Waals surface area contributed by atoms with Crippen molar-refractivity contribution in [1.29, 1.82) is 0 Å². The standard InChI is InChI=1S/C25H23Cl2N3O3/c26-18-5-4-8-21(15-18)29-11-13-30(14-12-29)24(31)17-33-23-10-9-19(27)16-22(23)25(32)28-20-6-2-1-3-7-20/h1-10,15-16H,11-14,17H2,(H,28,32). The van der Waals surface area contributed by atoms with Crippen molar-refractivity contribution in [2.24, 2.45) is 0 Å². The molecule has 170 valence electrons. The molecule has 1 N–H and O–H groups in total. The molecule has 0 saturated carbocycles. The Morgan fingerprint density at radius 3 is 2.30 bits per heavy atom. The average molecular weight is 484 g/mol. The molecular formula is C25H23Cl2N3O3. The van der Waals surface area contributed by atoms with Crippen molar-refractivity contribution in [3.63, 3.8) is 0 Å². The van der Waals surface area contributed by atoms with Crippen LogP contribution in [0.5, 0.6) is 5.75 Å². The Morgan fingerprint density at radius 1 is 0.848 bits per heavy atom. The van der Waals surface area contributed by atoms with Crippen LogP contribution in [0.4, 0.5) is 11.4 Å². The Labute approximate surface area is 202 Å². The predicted octanol–water partition coefficient (Wildman–Crippen LogP) is 4.97. The third kappa shape index (κ3) is 5.97. The van der Waals surface area contributed by atoms with Gasteiger partial charge in [-0.25, -0.2) is 0 Å². The van der Waals surface area contributed by atoms with Crippen LogP contribution in [0.1, 0.15) is 10.4 Å². The molecule has 3 aromatic carbocycles. The van der Waals surface area contributed by atoms with Crippen molar-refractivity contribution in [1.82, 2.24) is 4.90 Å². The molecule has 0 aromatic heterocycles. The van der Waals surface area contributed by atoms with Crippen LogP contribution in [0, 0.1) is 0 Å². The fraction of sp³-hybridized carbons (Fsp3) is 0.200. The van der Waals surface area contributed by atoms with E-state index in [9.17, 15) is 9.59 Å². The van der Waals surface area contributed by atoms with Crippen LogP contribution in [0.25, 0.3) is 0 Å². The number of benzene rings is 3. The van der Waals surface area contributed by atoms with Crippen LogP contribution >= 0.6 is 23.2 Å². The number of hydrogen-bond donors (Lipinski definition) is 1. The lowest BCUT2D eigenvalue weighted by Crippen LogP contribution is -2.50. The average Bonchev–Trinajstić information content (AvgIpc) is 2.84. The number of nitrogens with one attached hydrogen (secondary N) is 1. The summed E-state index contributed by atoms with van der Waals surface area (Å²) in [6, 6.07) is 21.6. The molecule has 0 radical (unpaired) electrons. The largest absolute Gasteiger partial charge is 0.483 e. The SMILES string of the molecule is O=C(Nc1ccccc1)c1cc(Cl)ccc1OCC(=O)N1CCN(c2cccc(Cl)c2)CC1. The number of hydrogen-bond acceptors (Lipinski definition) is 4. The van der Waals surface area contributed by atoms with Gasteiger partial charge in [-0.05, 0) is 48.5 Å². The number of ether oxygens (including phenoxy) is 1. The zero-order valence-corrected chi connectivity index (χ0v) is 19.4. The van der Waals surface area contributed by atoms with Gasteiger partial charge in [0.1, 0.15) is 5.75 Å². The number of rotatable bonds is 6. The monoisotopic (exact) mass is 483 g/mol. The molecule has 1 aliphatic rings. The van der Waals surface area contributed by atoms with Crippen molar-refractivity contribution in [3.8, 4) is 5.75 Å². The molecular weight excluding hydrogens is 461 g/mol. The minimum absolute atomic E-state index is 0.134. The van der Waals surface area contributed by atoms with E-state index in [-0.39, 0.29) is 24.0 Å². The van der Waals surface area contributed by atoms with E-state index in [1.807, 2.05) is 42.5 Å². The molecule has 0 unspecified atom stereocenters. The number of carbonyl (C=O) groups is 2. The molecule has 0 bridgehead atoms. The highest BCUT2D eigenvalue weighted by Crippen LogP contribution is 2.25. The predicted molar refractivity (Wildman–Crippen MR) is 132 cm³/mol. The summed E-state index contributed by atoms with van der Waals surface area (Å²) in [6.45, 7) is 2.41. The lowest BCUT2D eigenvalue weighted by Gasteiger charge is -2.36. The number of piperazine rings is 1. The molecule has 8 heteroatoms. The van der Waals surface area contributed by atoms with E-state index >= 15 is 0 Å². The highest BCUT2D eigenvalue weighted by atomic mass is 35.5. The maximum atomic E-state index is 12.8. The van der Waals surface area contributed by atoms with Gasteiger partial charge < -0.3 is 19.9 Å². The highest BCUT2D eigenvalue weighted by molar-refractivity contribution is 6.31. The summed E-state index contributed by atoms with van der Waals surface area (Å²) < 4.78 is 5.75. The Morgan fingerprint density at radius 2 is 1.58 bits per heavy atom. The van der Waals surface area contributed by atoms with Crippen molar-refractivity contribution in [2.75, 3.05) is 43.0 Å². The topological polar surface area (TPSA) is 61.9 Å². The number of nitrogens with zero attached hydrogens (tertiary/aromatic N) is 2. The Bertz CT molecular complexity index is 1130. The smallest absolute Gasteiger partial charge is 0.260 e. The molecule has 0 atom stereocenters. The summed E-state index contributed by atoms with van der Waals surface area (Å²) in [5.41, 5.74) is 1.97. The molecule has 1 aliphatic heterocycles. The van der Waals surface area contributed by atoms with Crippen LogP contribution in [-0.4, -0.2) is 49.5 Å². The third-order valence-electron chi connectivity index (χ3n) is 5.37. The first-order valence-corrected chi connectivity index (χ1v) is 11.3. The lowest BCUT2D eigenvalue weighted by atomic mass is 10.1. The lowest BCUT2D eigenvalue weighted by molar-refractivity contribution is -0.133. The van der Waals surface area contributed by atoms with Crippen molar-refractivity contribution in [3.05, 3.63) is 88.4 Å². The van der Waals surface area contributed by atoms with Crippen LogP contribution in [0.15, 0.2) is 72.8 Å². The van der Waals surface area contributed by atoms with Crippen molar-refractivity contribution in [2.45, 2.75) is 0 Å². The van der Waals surface area contributed by atoms with Gasteiger partial charge in [-0.15, -0.1) is 0 Å². The molecule has 2 amide bonds. The maximum absolute atomic E-state index is 12.8. The quantitative estimate of drug-likeness (QED) is 0.537. The fourth-order valence-corrected chi connectivity index (χ4v) is 4.00. The minimum Gasteiger partial charge on any atom is -0.483 e. The first-order chi connectivity index (χ1) is 16.0. The summed E-state index contributed by atoms with van der Waals surface area (Å²) in [5.74, 6) is -0.190. The van der Waals surface area contributed by atoms with Gasteiger partial charge >= 0.3 is 0 Å². The Kier molecular flexibility index (Phi) is 7.37. The van der Waals surface area contributed by atoms with Crippen LogP contribution < -0.4 is 15.0 Å². The van der Waals surface area contributed by atoms with Crippen molar-refractivity contribution >= 4 is 46.4 Å². The molecule has 1 fully saturated rings. The van der Waals surface area contributed by atoms with E-state index in [1.54, 1.807) is 29.2 Å². The van der Waals surface area contributed by atoms with Crippen LogP contribution in [0.3, 0.4) is 0 Å². The maximum Gasteiger partial charge on any atom is 0.260 e. The fourth-order valence-electron chi connectivity index (χ4n) is 3.64. The minimum atomic E-state index is -0.360. The van der Waals surface area contributed by atoms with Gasteiger partial charge in [0.15, 0.2) is 6.61 Å². The zero-order chi connectivity index (χ0) is 23.2. The van der Waals surface area contributed by atoms with Gasteiger partial charge in [0.2, 0.25) is 0 Å². The van der Waals surface area contributed by atoms with E-state index in [0.717, 1.165) is 5.69 Å². The zero-order valence-electron chi connectivity index (χ0n) is 17.8. The third-order valence-corrected chi connectivity index (χ3v) is 5.84. The summed E-state index contributed by atoms with van der Waals surface area (Å²) in [4.78, 5) is 29.5. The molecule has 4 rings (SSSR count). The normalized spacial score (nSPS) is 13.5. The summed E-state index contributed by atoms with van der Waals surface area (Å²) in [5, 5.41) is 3.91. The second-order valence-corrected chi connectivity index (χ2v) is 8.47.